The number of carbonyl (C=O) groups excluding carboxylic acids is 2. The summed E-state index contributed by atoms with van der Waals surface area (Å²) in [6.45, 7) is 6.14. The van der Waals surface area contributed by atoms with Crippen LogP contribution in [-0.2, 0) is 14.3 Å². The van der Waals surface area contributed by atoms with Crippen molar-refractivity contribution >= 4 is 23.5 Å². The van der Waals surface area contributed by atoms with Gasteiger partial charge in [0.05, 0.1) is 5.56 Å². The fourth-order valence-corrected chi connectivity index (χ4v) is 3.20. The summed E-state index contributed by atoms with van der Waals surface area (Å²) in [7, 11) is 0. The second-order valence-corrected chi connectivity index (χ2v) is 7.34. The fraction of sp³-hybridized carbons (Fsp3) is 0.579. The van der Waals surface area contributed by atoms with Gasteiger partial charge in [0.25, 0.3) is 0 Å². The molecule has 5 heteroatoms. The molecule has 0 spiro atoms. The monoisotopic (exact) mass is 352 g/mol. The predicted molar refractivity (Wildman–Crippen MR) is 93.0 cm³/mol. The van der Waals surface area contributed by atoms with E-state index in [2.05, 4.69) is 20.8 Å². The van der Waals surface area contributed by atoms with Gasteiger partial charge in [-0.3, -0.25) is 0 Å². The first kappa shape index (κ1) is 18.8. The van der Waals surface area contributed by atoms with Crippen LogP contribution in [0.5, 0.6) is 0 Å². The van der Waals surface area contributed by atoms with Crippen molar-refractivity contribution < 1.29 is 19.1 Å². The number of rotatable bonds is 5. The van der Waals surface area contributed by atoms with Crippen molar-refractivity contribution in [2.24, 2.45) is 17.8 Å². The van der Waals surface area contributed by atoms with E-state index < -0.39 is 11.9 Å². The Morgan fingerprint density at radius 1 is 1.21 bits per heavy atom. The zero-order valence-corrected chi connectivity index (χ0v) is 15.2. The highest BCUT2D eigenvalue weighted by Crippen LogP contribution is 2.34. The van der Waals surface area contributed by atoms with Gasteiger partial charge in [0, 0.05) is 5.02 Å². The number of esters is 2. The third-order valence-electron chi connectivity index (χ3n) is 4.79. The minimum atomic E-state index is -0.555. The van der Waals surface area contributed by atoms with Crippen molar-refractivity contribution in [3.63, 3.8) is 0 Å². The Morgan fingerprint density at radius 2 is 1.88 bits per heavy atom. The number of hydrogen-bond donors (Lipinski definition) is 0. The molecule has 0 heterocycles. The van der Waals surface area contributed by atoms with Crippen LogP contribution in [-0.4, -0.2) is 24.6 Å². The molecule has 0 N–H and O–H groups in total. The Hall–Kier alpha value is -1.55. The van der Waals surface area contributed by atoms with E-state index in [1.54, 1.807) is 24.3 Å². The lowest BCUT2D eigenvalue weighted by Gasteiger charge is -2.35. The van der Waals surface area contributed by atoms with E-state index in [1.165, 1.54) is 6.42 Å². The highest BCUT2D eigenvalue weighted by atomic mass is 35.5. The van der Waals surface area contributed by atoms with E-state index in [-0.39, 0.29) is 12.7 Å². The predicted octanol–water partition coefficient (Wildman–Crippen LogP) is 4.50. The quantitative estimate of drug-likeness (QED) is 0.732. The van der Waals surface area contributed by atoms with Gasteiger partial charge < -0.3 is 9.47 Å². The SMILES string of the molecule is CC(C)[C@H]1CC[C@H](C)[C@@H](OC(=O)COC(=O)c2ccc(Cl)cc2)C1. The van der Waals surface area contributed by atoms with Crippen molar-refractivity contribution in [2.45, 2.75) is 46.1 Å². The van der Waals surface area contributed by atoms with Crippen LogP contribution in [0.1, 0.15) is 50.4 Å². The smallest absolute Gasteiger partial charge is 0.344 e. The summed E-state index contributed by atoms with van der Waals surface area (Å²) >= 11 is 5.77. The van der Waals surface area contributed by atoms with Crippen LogP contribution in [0, 0.1) is 17.8 Å². The van der Waals surface area contributed by atoms with Crippen molar-refractivity contribution in [3.8, 4) is 0 Å². The summed E-state index contributed by atoms with van der Waals surface area (Å²) in [4.78, 5) is 23.9. The number of ether oxygens (including phenoxy) is 2. The molecule has 0 amide bonds. The van der Waals surface area contributed by atoms with Crippen LogP contribution in [0.2, 0.25) is 5.02 Å². The molecule has 1 aromatic carbocycles. The van der Waals surface area contributed by atoms with Gasteiger partial charge in [-0.25, -0.2) is 9.59 Å². The van der Waals surface area contributed by atoms with E-state index in [0.29, 0.717) is 28.3 Å². The van der Waals surface area contributed by atoms with E-state index in [1.807, 2.05) is 0 Å². The minimum absolute atomic E-state index is 0.0899. The average Bonchev–Trinajstić information content (AvgIpc) is 2.55. The van der Waals surface area contributed by atoms with Gasteiger partial charge in [0.15, 0.2) is 6.61 Å². The maximum atomic E-state index is 12.0. The number of hydrogen-bond acceptors (Lipinski definition) is 4. The molecule has 0 unspecified atom stereocenters. The molecule has 24 heavy (non-hydrogen) atoms. The zero-order chi connectivity index (χ0) is 17.7. The Balaban J connectivity index is 1.81. The largest absolute Gasteiger partial charge is 0.460 e. The molecular formula is C19H25ClO4. The molecule has 0 radical (unpaired) electrons. The Kier molecular flexibility index (Phi) is 6.67. The normalized spacial score (nSPS) is 23.8. The highest BCUT2D eigenvalue weighted by Gasteiger charge is 2.32. The molecule has 0 bridgehead atoms. The standard InChI is InChI=1S/C19H25ClO4/c1-12(2)15-5-4-13(3)17(10-15)24-18(21)11-23-19(22)14-6-8-16(20)9-7-14/h6-9,12-13,15,17H,4-5,10-11H2,1-3H3/t13-,15-,17-/m0/s1. The Labute approximate surface area is 148 Å². The van der Waals surface area contributed by atoms with Crippen molar-refractivity contribution in [1.82, 2.24) is 0 Å². The van der Waals surface area contributed by atoms with E-state index in [4.69, 9.17) is 21.1 Å². The molecule has 1 fully saturated rings. The molecule has 0 aliphatic heterocycles. The third kappa shape index (κ3) is 5.23. The first-order valence-corrected chi connectivity index (χ1v) is 8.86. The summed E-state index contributed by atoms with van der Waals surface area (Å²) in [6.07, 6.45) is 3.03. The lowest BCUT2D eigenvalue weighted by molar-refractivity contribution is -0.158. The first-order chi connectivity index (χ1) is 11.4. The molecule has 1 saturated carbocycles. The number of carbonyl (C=O) groups is 2. The molecule has 0 saturated heterocycles. The van der Waals surface area contributed by atoms with Gasteiger partial charge in [-0.2, -0.15) is 0 Å². The first-order valence-electron chi connectivity index (χ1n) is 8.49. The number of benzene rings is 1. The minimum Gasteiger partial charge on any atom is -0.460 e. The van der Waals surface area contributed by atoms with Gasteiger partial charge in [0.1, 0.15) is 6.10 Å². The van der Waals surface area contributed by atoms with Crippen LogP contribution in [0.3, 0.4) is 0 Å². The molecule has 4 nitrogen and oxygen atoms in total. The molecule has 1 aliphatic carbocycles. The second-order valence-electron chi connectivity index (χ2n) is 6.91. The Morgan fingerprint density at radius 3 is 2.50 bits per heavy atom. The summed E-state index contributed by atoms with van der Waals surface area (Å²) < 4.78 is 10.6. The van der Waals surface area contributed by atoms with Crippen molar-refractivity contribution in [3.05, 3.63) is 34.9 Å². The van der Waals surface area contributed by atoms with Gasteiger partial charge in [-0.1, -0.05) is 32.4 Å². The molecule has 1 aliphatic rings. The molecule has 132 valence electrons. The fourth-order valence-electron chi connectivity index (χ4n) is 3.08. The molecule has 3 atom stereocenters. The van der Waals surface area contributed by atoms with Crippen LogP contribution in [0.4, 0.5) is 0 Å². The Bertz CT molecular complexity index is 567. The summed E-state index contributed by atoms with van der Waals surface area (Å²) in [5.41, 5.74) is 0.359. The van der Waals surface area contributed by atoms with E-state index in [0.717, 1.165) is 12.8 Å². The lowest BCUT2D eigenvalue weighted by Crippen LogP contribution is -2.35. The average molecular weight is 353 g/mol. The van der Waals surface area contributed by atoms with Crippen LogP contribution >= 0.6 is 11.6 Å². The topological polar surface area (TPSA) is 52.6 Å². The summed E-state index contributed by atoms with van der Waals surface area (Å²) in [5, 5.41) is 0.539. The molecule has 0 aromatic heterocycles. The van der Waals surface area contributed by atoms with Gasteiger partial charge in [0.2, 0.25) is 0 Å². The maximum absolute atomic E-state index is 12.0. The van der Waals surface area contributed by atoms with E-state index >= 15 is 0 Å². The van der Waals surface area contributed by atoms with Gasteiger partial charge in [-0.05, 0) is 61.3 Å². The highest BCUT2D eigenvalue weighted by molar-refractivity contribution is 6.30. The number of halogens is 1. The second kappa shape index (κ2) is 8.52. The van der Waals surface area contributed by atoms with Crippen LogP contribution < -0.4 is 0 Å². The van der Waals surface area contributed by atoms with Crippen LogP contribution in [0.15, 0.2) is 24.3 Å². The summed E-state index contributed by atoms with van der Waals surface area (Å²) in [5.74, 6) is 0.465. The molecule has 1 aromatic rings. The van der Waals surface area contributed by atoms with Crippen LogP contribution in [0.25, 0.3) is 0 Å². The van der Waals surface area contributed by atoms with Gasteiger partial charge >= 0.3 is 11.9 Å². The van der Waals surface area contributed by atoms with Crippen molar-refractivity contribution in [2.75, 3.05) is 6.61 Å². The summed E-state index contributed by atoms with van der Waals surface area (Å²) in [6, 6.07) is 6.33. The lowest BCUT2D eigenvalue weighted by atomic mass is 9.76. The molecular weight excluding hydrogens is 328 g/mol. The maximum Gasteiger partial charge on any atom is 0.344 e. The van der Waals surface area contributed by atoms with Gasteiger partial charge in [-0.15, -0.1) is 0 Å². The van der Waals surface area contributed by atoms with E-state index in [9.17, 15) is 9.59 Å². The molecule has 2 rings (SSSR count). The third-order valence-corrected chi connectivity index (χ3v) is 5.04. The van der Waals surface area contributed by atoms with Crippen molar-refractivity contribution in [1.29, 1.82) is 0 Å². The zero-order valence-electron chi connectivity index (χ0n) is 14.5.